The molecular formula is C19H25N5O. The van der Waals surface area contributed by atoms with Crippen LogP contribution in [0.1, 0.15) is 57.2 Å². The van der Waals surface area contributed by atoms with Crippen molar-refractivity contribution in [2.75, 3.05) is 5.32 Å². The minimum Gasteiger partial charge on any atom is -0.326 e. The first-order valence-corrected chi connectivity index (χ1v) is 9.15. The van der Waals surface area contributed by atoms with Crippen LogP contribution in [0.4, 0.5) is 5.69 Å². The molecule has 2 unspecified atom stereocenters. The van der Waals surface area contributed by atoms with Crippen molar-refractivity contribution >= 4 is 11.6 Å². The lowest BCUT2D eigenvalue weighted by molar-refractivity contribution is -0.122. The summed E-state index contributed by atoms with van der Waals surface area (Å²) in [5.74, 6) is 2.05. The molecule has 6 nitrogen and oxygen atoms in total. The van der Waals surface area contributed by atoms with Gasteiger partial charge >= 0.3 is 0 Å². The Morgan fingerprint density at radius 2 is 2.16 bits per heavy atom. The van der Waals surface area contributed by atoms with Gasteiger partial charge in [-0.15, -0.1) is 0 Å². The summed E-state index contributed by atoms with van der Waals surface area (Å²) >= 11 is 0. The van der Waals surface area contributed by atoms with E-state index >= 15 is 0 Å². The molecule has 2 aliphatic carbocycles. The van der Waals surface area contributed by atoms with Gasteiger partial charge in [-0.05, 0) is 44.7 Å². The van der Waals surface area contributed by atoms with E-state index in [4.69, 9.17) is 5.73 Å². The maximum Gasteiger partial charge on any atom is 0.229 e. The number of H-pyrrole nitrogens is 1. The minimum absolute atomic E-state index is 0.00973. The number of carbonyl (C=O) groups is 1. The van der Waals surface area contributed by atoms with Gasteiger partial charge in [-0.2, -0.15) is 5.10 Å². The fraction of sp³-hybridized carbons (Fsp3) is 0.526. The van der Waals surface area contributed by atoms with E-state index in [2.05, 4.69) is 20.5 Å². The Balaban J connectivity index is 1.50. The third kappa shape index (κ3) is 3.44. The van der Waals surface area contributed by atoms with Gasteiger partial charge in [0, 0.05) is 22.7 Å². The van der Waals surface area contributed by atoms with Crippen LogP contribution in [0.2, 0.25) is 0 Å². The van der Waals surface area contributed by atoms with Gasteiger partial charge in [0.25, 0.3) is 0 Å². The summed E-state index contributed by atoms with van der Waals surface area (Å²) in [5, 5.41) is 10.4. The van der Waals surface area contributed by atoms with Gasteiger partial charge < -0.3 is 11.1 Å². The highest BCUT2D eigenvalue weighted by Crippen LogP contribution is 2.38. The summed E-state index contributed by atoms with van der Waals surface area (Å²) in [7, 11) is 0. The topological polar surface area (TPSA) is 96.7 Å². The van der Waals surface area contributed by atoms with E-state index in [-0.39, 0.29) is 11.8 Å². The van der Waals surface area contributed by atoms with Crippen molar-refractivity contribution in [3.8, 4) is 11.4 Å². The molecule has 0 bridgehead atoms. The fourth-order valence-electron chi connectivity index (χ4n) is 3.70. The quantitative estimate of drug-likeness (QED) is 0.797. The van der Waals surface area contributed by atoms with Crippen molar-refractivity contribution in [2.45, 2.75) is 56.9 Å². The van der Waals surface area contributed by atoms with Crippen LogP contribution in [0.3, 0.4) is 0 Å². The van der Waals surface area contributed by atoms with Crippen LogP contribution in [0.15, 0.2) is 24.3 Å². The zero-order valence-corrected chi connectivity index (χ0v) is 14.6. The Labute approximate surface area is 147 Å². The lowest BCUT2D eigenvalue weighted by Gasteiger charge is -2.37. The van der Waals surface area contributed by atoms with Crippen LogP contribution in [0, 0.1) is 5.92 Å². The average Bonchev–Trinajstić information content (AvgIpc) is 3.31. The largest absolute Gasteiger partial charge is 0.326 e. The predicted octanol–water partition coefficient (Wildman–Crippen LogP) is 3.20. The monoisotopic (exact) mass is 339 g/mol. The molecule has 2 aliphatic rings. The van der Waals surface area contributed by atoms with Crippen molar-refractivity contribution in [1.82, 2.24) is 15.2 Å². The molecule has 6 heteroatoms. The molecule has 0 saturated heterocycles. The van der Waals surface area contributed by atoms with E-state index in [1.165, 1.54) is 12.8 Å². The fourth-order valence-corrected chi connectivity index (χ4v) is 3.70. The summed E-state index contributed by atoms with van der Waals surface area (Å²) < 4.78 is 0. The highest BCUT2D eigenvalue weighted by atomic mass is 16.1. The molecule has 0 aliphatic heterocycles. The standard InChI is InChI=1S/C19H25N5O/c1-19(20)10-3-2-7-15(19)18(25)21-14-6-4-5-13(11-14)17-22-16(23-24-17)12-8-9-12/h4-6,11-12,15H,2-3,7-10,20H2,1H3,(H,21,25)(H,22,23,24). The van der Waals surface area contributed by atoms with Crippen LogP contribution >= 0.6 is 0 Å². The number of amides is 1. The lowest BCUT2D eigenvalue weighted by Crippen LogP contribution is -2.51. The van der Waals surface area contributed by atoms with Crippen molar-refractivity contribution in [2.24, 2.45) is 11.7 Å². The van der Waals surface area contributed by atoms with Crippen LogP contribution in [-0.4, -0.2) is 26.6 Å². The highest BCUT2D eigenvalue weighted by Gasteiger charge is 2.37. The summed E-state index contributed by atoms with van der Waals surface area (Å²) in [6.45, 7) is 1.99. The van der Waals surface area contributed by atoms with Crippen molar-refractivity contribution in [3.63, 3.8) is 0 Å². The highest BCUT2D eigenvalue weighted by molar-refractivity contribution is 5.94. The Hall–Kier alpha value is -2.21. The molecule has 2 saturated carbocycles. The number of nitrogens with zero attached hydrogens (tertiary/aromatic N) is 2. The molecular weight excluding hydrogens is 314 g/mol. The van der Waals surface area contributed by atoms with E-state index in [9.17, 15) is 4.79 Å². The van der Waals surface area contributed by atoms with E-state index in [0.29, 0.717) is 11.7 Å². The summed E-state index contributed by atoms with van der Waals surface area (Å²) in [4.78, 5) is 17.3. The van der Waals surface area contributed by atoms with Crippen LogP contribution < -0.4 is 11.1 Å². The molecule has 1 aromatic carbocycles. The van der Waals surface area contributed by atoms with Gasteiger partial charge in [-0.1, -0.05) is 25.0 Å². The Bertz CT molecular complexity index is 778. The van der Waals surface area contributed by atoms with Gasteiger partial charge in [-0.3, -0.25) is 9.89 Å². The van der Waals surface area contributed by atoms with Gasteiger partial charge in [0.15, 0.2) is 5.82 Å². The molecule has 1 amide bonds. The van der Waals surface area contributed by atoms with Gasteiger partial charge in [0.2, 0.25) is 5.91 Å². The van der Waals surface area contributed by atoms with E-state index in [0.717, 1.165) is 42.8 Å². The Kier molecular flexibility index (Phi) is 4.07. The summed E-state index contributed by atoms with van der Waals surface area (Å²) in [6, 6.07) is 7.70. The first kappa shape index (κ1) is 16.3. The molecule has 2 aromatic rings. The molecule has 4 N–H and O–H groups in total. The second-order valence-corrected chi connectivity index (χ2v) is 7.69. The van der Waals surface area contributed by atoms with Crippen LogP contribution in [0.5, 0.6) is 0 Å². The minimum atomic E-state index is -0.428. The smallest absolute Gasteiger partial charge is 0.229 e. The number of nitrogens with two attached hydrogens (primary N) is 1. The third-order valence-corrected chi connectivity index (χ3v) is 5.43. The third-order valence-electron chi connectivity index (χ3n) is 5.43. The average molecular weight is 339 g/mol. The summed E-state index contributed by atoms with van der Waals surface area (Å²) in [5.41, 5.74) is 7.59. The number of nitrogens with one attached hydrogen (secondary N) is 2. The van der Waals surface area contributed by atoms with Gasteiger partial charge in [-0.25, -0.2) is 4.98 Å². The van der Waals surface area contributed by atoms with Crippen molar-refractivity contribution in [1.29, 1.82) is 0 Å². The summed E-state index contributed by atoms with van der Waals surface area (Å²) in [6.07, 6.45) is 6.27. The number of aromatic amines is 1. The maximum atomic E-state index is 12.7. The Morgan fingerprint density at radius 1 is 1.32 bits per heavy atom. The molecule has 1 aromatic heterocycles. The number of carbonyl (C=O) groups excluding carboxylic acids is 1. The second-order valence-electron chi connectivity index (χ2n) is 7.69. The SMILES string of the molecule is CC1(N)CCCCC1C(=O)Nc1cccc(-c2n[nH]c(C3CC3)n2)c1. The first-order chi connectivity index (χ1) is 12.0. The first-order valence-electron chi connectivity index (χ1n) is 9.15. The number of hydrogen-bond donors (Lipinski definition) is 3. The molecule has 1 heterocycles. The zero-order valence-electron chi connectivity index (χ0n) is 14.6. The molecule has 2 atom stereocenters. The molecule has 2 fully saturated rings. The number of hydrogen-bond acceptors (Lipinski definition) is 4. The van der Waals surface area contributed by atoms with Crippen LogP contribution in [-0.2, 0) is 4.79 Å². The molecule has 132 valence electrons. The van der Waals surface area contributed by atoms with Crippen molar-refractivity contribution < 1.29 is 4.79 Å². The lowest BCUT2D eigenvalue weighted by atomic mass is 9.74. The molecule has 25 heavy (non-hydrogen) atoms. The van der Waals surface area contributed by atoms with Crippen LogP contribution in [0.25, 0.3) is 11.4 Å². The molecule has 4 rings (SSSR count). The number of anilines is 1. The van der Waals surface area contributed by atoms with Gasteiger partial charge in [0.1, 0.15) is 5.82 Å². The maximum absolute atomic E-state index is 12.7. The normalized spacial score (nSPS) is 26.4. The molecule has 0 spiro atoms. The number of aromatic nitrogens is 3. The Morgan fingerprint density at radius 3 is 2.92 bits per heavy atom. The van der Waals surface area contributed by atoms with E-state index < -0.39 is 5.54 Å². The predicted molar refractivity (Wildman–Crippen MR) is 97.0 cm³/mol. The van der Waals surface area contributed by atoms with Crippen molar-refractivity contribution in [3.05, 3.63) is 30.1 Å². The number of rotatable bonds is 4. The number of benzene rings is 1. The second kappa shape index (κ2) is 6.26. The van der Waals surface area contributed by atoms with E-state index in [1.807, 2.05) is 31.2 Å². The zero-order chi connectivity index (χ0) is 17.4. The van der Waals surface area contributed by atoms with Gasteiger partial charge in [0.05, 0.1) is 5.92 Å². The van der Waals surface area contributed by atoms with E-state index in [1.54, 1.807) is 0 Å². The molecule has 0 radical (unpaired) electrons.